The summed E-state index contributed by atoms with van der Waals surface area (Å²) in [5.41, 5.74) is -0.306. The number of carbonyl (C=O) groups is 1. The Bertz CT molecular complexity index is 572. The Labute approximate surface area is 124 Å². The van der Waals surface area contributed by atoms with Gasteiger partial charge in [-0.1, -0.05) is 6.42 Å². The second-order valence-electron chi connectivity index (χ2n) is 6.66. The van der Waals surface area contributed by atoms with Crippen molar-refractivity contribution in [3.05, 3.63) is 18.1 Å². The van der Waals surface area contributed by atoms with Crippen molar-refractivity contribution in [3.63, 3.8) is 0 Å². The van der Waals surface area contributed by atoms with Crippen molar-refractivity contribution in [3.8, 4) is 0 Å². The van der Waals surface area contributed by atoms with Crippen molar-refractivity contribution < 1.29 is 9.53 Å². The smallest absolute Gasteiger partial charge is 0.313 e. The number of methoxy groups -OCH3 is 1. The highest BCUT2D eigenvalue weighted by Gasteiger charge is 2.55. The molecule has 2 aliphatic carbocycles. The first-order chi connectivity index (χ1) is 10.2. The van der Waals surface area contributed by atoms with Crippen LogP contribution in [0.3, 0.4) is 0 Å². The molecule has 2 saturated carbocycles. The first-order valence-corrected chi connectivity index (χ1v) is 7.89. The van der Waals surface area contributed by atoms with Crippen molar-refractivity contribution in [1.82, 2.24) is 9.97 Å². The quantitative estimate of drug-likeness (QED) is 0.797. The largest absolute Gasteiger partial charge is 0.469 e. The minimum Gasteiger partial charge on any atom is -0.469 e. The molecule has 3 aliphatic rings. The van der Waals surface area contributed by atoms with Crippen molar-refractivity contribution >= 4 is 11.8 Å². The van der Waals surface area contributed by atoms with Crippen LogP contribution in [0.1, 0.15) is 43.8 Å². The predicted molar refractivity (Wildman–Crippen MR) is 78.0 cm³/mol. The van der Waals surface area contributed by atoms with Crippen LogP contribution in [-0.4, -0.2) is 36.1 Å². The molecule has 0 bridgehead atoms. The van der Waals surface area contributed by atoms with E-state index in [0.29, 0.717) is 11.8 Å². The van der Waals surface area contributed by atoms with Crippen LogP contribution in [0, 0.1) is 11.3 Å². The van der Waals surface area contributed by atoms with Crippen molar-refractivity contribution in [2.24, 2.45) is 11.3 Å². The van der Waals surface area contributed by atoms with Gasteiger partial charge in [0, 0.05) is 25.2 Å². The predicted octanol–water partition coefficient (Wildman–Crippen LogP) is 2.13. The van der Waals surface area contributed by atoms with Gasteiger partial charge in [0.1, 0.15) is 11.6 Å². The van der Waals surface area contributed by atoms with Crippen LogP contribution in [0.5, 0.6) is 0 Å². The summed E-state index contributed by atoms with van der Waals surface area (Å²) in [6, 6.07) is 1.97. The average molecular weight is 287 g/mol. The third-order valence-corrected chi connectivity index (χ3v) is 5.39. The van der Waals surface area contributed by atoms with Crippen LogP contribution < -0.4 is 4.90 Å². The second kappa shape index (κ2) is 4.68. The van der Waals surface area contributed by atoms with E-state index in [4.69, 9.17) is 9.72 Å². The molecular weight excluding hydrogens is 266 g/mol. The number of hydrogen-bond acceptors (Lipinski definition) is 5. The second-order valence-corrected chi connectivity index (χ2v) is 6.66. The number of aromatic nitrogens is 2. The lowest BCUT2D eigenvalue weighted by Gasteiger charge is -2.25. The maximum Gasteiger partial charge on any atom is 0.313 e. The van der Waals surface area contributed by atoms with Gasteiger partial charge in [0.05, 0.1) is 12.5 Å². The molecule has 3 fully saturated rings. The Morgan fingerprint density at radius 3 is 3.05 bits per heavy atom. The molecule has 0 N–H and O–H groups in total. The fraction of sp³-hybridized carbons (Fsp3) is 0.688. The molecule has 2 heterocycles. The molecule has 0 radical (unpaired) electrons. The van der Waals surface area contributed by atoms with Gasteiger partial charge in [-0.2, -0.15) is 0 Å². The molecule has 0 spiro atoms. The molecule has 5 nitrogen and oxygen atoms in total. The molecule has 0 aromatic carbocycles. The van der Waals surface area contributed by atoms with Crippen LogP contribution >= 0.6 is 0 Å². The summed E-state index contributed by atoms with van der Waals surface area (Å²) in [5.74, 6) is 2.87. The number of hydrogen-bond donors (Lipinski definition) is 0. The molecule has 1 aliphatic heterocycles. The SMILES string of the molecule is COC(=O)C12CCCC1CN(c1ccnc(C3CC3)n1)C2. The number of esters is 1. The summed E-state index contributed by atoms with van der Waals surface area (Å²) >= 11 is 0. The van der Waals surface area contributed by atoms with Gasteiger partial charge < -0.3 is 9.64 Å². The number of nitrogens with zero attached hydrogens (tertiary/aromatic N) is 3. The maximum atomic E-state index is 12.3. The lowest BCUT2D eigenvalue weighted by Crippen LogP contribution is -2.37. The lowest BCUT2D eigenvalue weighted by atomic mass is 9.81. The Morgan fingerprint density at radius 2 is 2.29 bits per heavy atom. The average Bonchev–Trinajstić information content (AvgIpc) is 3.18. The number of fused-ring (bicyclic) bond motifs is 1. The fourth-order valence-electron chi connectivity index (χ4n) is 4.08. The third-order valence-electron chi connectivity index (χ3n) is 5.39. The zero-order valence-corrected chi connectivity index (χ0v) is 12.4. The van der Waals surface area contributed by atoms with Crippen LogP contribution in [0.2, 0.25) is 0 Å². The van der Waals surface area contributed by atoms with Crippen molar-refractivity contribution in [2.45, 2.75) is 38.0 Å². The van der Waals surface area contributed by atoms with Crippen molar-refractivity contribution in [1.29, 1.82) is 0 Å². The summed E-state index contributed by atoms with van der Waals surface area (Å²) in [5, 5.41) is 0. The summed E-state index contributed by atoms with van der Waals surface area (Å²) in [6.45, 7) is 1.65. The van der Waals surface area contributed by atoms with Crippen LogP contribution in [0.15, 0.2) is 12.3 Å². The molecule has 5 heteroatoms. The van der Waals surface area contributed by atoms with E-state index in [-0.39, 0.29) is 11.4 Å². The first kappa shape index (κ1) is 13.0. The molecule has 1 saturated heterocycles. The number of anilines is 1. The topological polar surface area (TPSA) is 55.3 Å². The molecule has 112 valence electrons. The van der Waals surface area contributed by atoms with Gasteiger partial charge in [-0.15, -0.1) is 0 Å². The molecule has 0 amide bonds. The zero-order valence-electron chi connectivity index (χ0n) is 12.4. The molecule has 1 aromatic rings. The minimum atomic E-state index is -0.306. The molecule has 21 heavy (non-hydrogen) atoms. The van der Waals surface area contributed by atoms with E-state index in [2.05, 4.69) is 9.88 Å². The maximum absolute atomic E-state index is 12.3. The normalized spacial score (nSPS) is 31.3. The van der Waals surface area contributed by atoms with E-state index in [1.165, 1.54) is 20.0 Å². The number of ether oxygens (including phenoxy) is 1. The highest BCUT2D eigenvalue weighted by Crippen LogP contribution is 2.50. The Hall–Kier alpha value is -1.65. The van der Waals surface area contributed by atoms with Gasteiger partial charge in [-0.25, -0.2) is 9.97 Å². The van der Waals surface area contributed by atoms with Gasteiger partial charge in [-0.05, 0) is 37.7 Å². The van der Waals surface area contributed by atoms with E-state index in [1.54, 1.807) is 0 Å². The summed E-state index contributed by atoms with van der Waals surface area (Å²) in [6.07, 6.45) is 7.46. The highest BCUT2D eigenvalue weighted by molar-refractivity contribution is 5.79. The first-order valence-electron chi connectivity index (χ1n) is 7.89. The van der Waals surface area contributed by atoms with E-state index in [1.807, 2.05) is 12.3 Å². The van der Waals surface area contributed by atoms with E-state index in [9.17, 15) is 4.79 Å². The Kier molecular flexibility index (Phi) is 2.91. The fourth-order valence-corrected chi connectivity index (χ4v) is 4.08. The lowest BCUT2D eigenvalue weighted by molar-refractivity contribution is -0.152. The van der Waals surface area contributed by atoms with Gasteiger partial charge in [0.2, 0.25) is 0 Å². The van der Waals surface area contributed by atoms with Crippen molar-refractivity contribution in [2.75, 3.05) is 25.1 Å². The summed E-state index contributed by atoms with van der Waals surface area (Å²) in [7, 11) is 1.50. The number of carbonyl (C=O) groups excluding carboxylic acids is 1. The van der Waals surface area contributed by atoms with Crippen LogP contribution in [0.4, 0.5) is 5.82 Å². The summed E-state index contributed by atoms with van der Waals surface area (Å²) < 4.78 is 5.10. The van der Waals surface area contributed by atoms with Gasteiger partial charge in [-0.3, -0.25) is 4.79 Å². The molecule has 2 atom stereocenters. The molecule has 4 rings (SSSR count). The Morgan fingerprint density at radius 1 is 1.43 bits per heavy atom. The Balaban J connectivity index is 1.60. The van der Waals surface area contributed by atoms with E-state index in [0.717, 1.165) is 44.0 Å². The highest BCUT2D eigenvalue weighted by atomic mass is 16.5. The molecule has 2 unspecified atom stereocenters. The van der Waals surface area contributed by atoms with Crippen LogP contribution in [-0.2, 0) is 9.53 Å². The monoisotopic (exact) mass is 287 g/mol. The number of rotatable bonds is 3. The minimum absolute atomic E-state index is 0.0380. The standard InChI is InChI=1S/C16H21N3O2/c1-21-15(20)16-7-2-3-12(16)9-19(10-16)13-6-8-17-14(18-13)11-4-5-11/h6,8,11-12H,2-5,7,9-10H2,1H3. The van der Waals surface area contributed by atoms with Crippen LogP contribution in [0.25, 0.3) is 0 Å². The zero-order chi connectivity index (χ0) is 14.4. The molecular formula is C16H21N3O2. The van der Waals surface area contributed by atoms with E-state index < -0.39 is 0 Å². The molecule has 1 aromatic heterocycles. The van der Waals surface area contributed by atoms with E-state index >= 15 is 0 Å². The summed E-state index contributed by atoms with van der Waals surface area (Å²) in [4.78, 5) is 23.7. The van der Waals surface area contributed by atoms with Gasteiger partial charge in [0.15, 0.2) is 0 Å². The van der Waals surface area contributed by atoms with Gasteiger partial charge in [0.25, 0.3) is 0 Å². The third kappa shape index (κ3) is 2.01. The van der Waals surface area contributed by atoms with Gasteiger partial charge >= 0.3 is 5.97 Å².